The molecule has 1 unspecified atom stereocenters. The van der Waals surface area contributed by atoms with Crippen molar-refractivity contribution in [3.05, 3.63) is 0 Å². The van der Waals surface area contributed by atoms with Crippen LogP contribution in [-0.2, 0) is 9.59 Å². The summed E-state index contributed by atoms with van der Waals surface area (Å²) >= 11 is 0. The van der Waals surface area contributed by atoms with E-state index in [1.54, 1.807) is 0 Å². The van der Waals surface area contributed by atoms with Crippen molar-refractivity contribution >= 4 is 11.8 Å². The molecule has 5 nitrogen and oxygen atoms in total. The monoisotopic (exact) mass is 391 g/mol. The second-order valence-electron chi connectivity index (χ2n) is 9.75. The van der Waals surface area contributed by atoms with Gasteiger partial charge in [-0.3, -0.25) is 14.5 Å². The Labute approximate surface area is 171 Å². The van der Waals surface area contributed by atoms with Crippen molar-refractivity contribution in [2.45, 2.75) is 84.1 Å². The zero-order valence-electron chi connectivity index (χ0n) is 18.1. The first-order chi connectivity index (χ1) is 13.5. The van der Waals surface area contributed by atoms with Crippen molar-refractivity contribution in [3.63, 3.8) is 0 Å². The summed E-state index contributed by atoms with van der Waals surface area (Å²) < 4.78 is 0. The molecule has 0 bridgehead atoms. The highest BCUT2D eigenvalue weighted by Crippen LogP contribution is 2.31. The van der Waals surface area contributed by atoms with Crippen LogP contribution in [0, 0.1) is 17.8 Å². The number of hydrogen-bond acceptors (Lipinski definition) is 3. The molecule has 1 heterocycles. The van der Waals surface area contributed by atoms with Gasteiger partial charge in [-0.15, -0.1) is 0 Å². The van der Waals surface area contributed by atoms with Crippen LogP contribution in [0.3, 0.4) is 0 Å². The van der Waals surface area contributed by atoms with E-state index in [1.165, 1.54) is 57.8 Å². The molecule has 1 N–H and O–H groups in total. The van der Waals surface area contributed by atoms with Crippen molar-refractivity contribution < 1.29 is 9.59 Å². The van der Waals surface area contributed by atoms with Gasteiger partial charge < -0.3 is 10.2 Å². The standard InChI is InChI=1S/C23H41N3O2/c1-18(2)16-21(27)25-12-14-26(15-13-25)22(20-10-6-7-11-20)23(28)24-17-19-8-4-3-5-9-19/h18-20,22H,3-17H2,1-2H3,(H,24,28). The average Bonchev–Trinajstić information content (AvgIpc) is 3.21. The number of nitrogens with zero attached hydrogens (tertiary/aromatic N) is 2. The number of piperazine rings is 1. The van der Waals surface area contributed by atoms with Gasteiger partial charge in [0.25, 0.3) is 0 Å². The average molecular weight is 392 g/mol. The molecular weight excluding hydrogens is 350 g/mol. The molecule has 160 valence electrons. The molecule has 1 aliphatic heterocycles. The molecule has 5 heteroatoms. The minimum absolute atomic E-state index is 0.00782. The molecule has 1 saturated heterocycles. The van der Waals surface area contributed by atoms with Crippen LogP contribution >= 0.6 is 0 Å². The van der Waals surface area contributed by atoms with E-state index in [-0.39, 0.29) is 17.9 Å². The molecule has 1 atom stereocenters. The summed E-state index contributed by atoms with van der Waals surface area (Å²) in [5.41, 5.74) is 0. The van der Waals surface area contributed by atoms with Crippen LogP contribution in [0.4, 0.5) is 0 Å². The van der Waals surface area contributed by atoms with Crippen LogP contribution in [0.5, 0.6) is 0 Å². The molecule has 3 aliphatic rings. The Morgan fingerprint density at radius 3 is 2.11 bits per heavy atom. The Hall–Kier alpha value is -1.10. The van der Waals surface area contributed by atoms with Gasteiger partial charge in [-0.05, 0) is 43.4 Å². The molecule has 0 aromatic heterocycles. The maximum Gasteiger partial charge on any atom is 0.237 e. The van der Waals surface area contributed by atoms with Crippen molar-refractivity contribution in [1.29, 1.82) is 0 Å². The third kappa shape index (κ3) is 5.95. The largest absolute Gasteiger partial charge is 0.354 e. The summed E-state index contributed by atoms with van der Waals surface area (Å²) in [6.07, 6.45) is 12.0. The molecule has 2 saturated carbocycles. The first-order valence-electron chi connectivity index (χ1n) is 11.8. The van der Waals surface area contributed by atoms with Gasteiger partial charge in [0.2, 0.25) is 11.8 Å². The van der Waals surface area contributed by atoms with Gasteiger partial charge in [0.05, 0.1) is 6.04 Å². The van der Waals surface area contributed by atoms with Gasteiger partial charge in [0.15, 0.2) is 0 Å². The van der Waals surface area contributed by atoms with E-state index < -0.39 is 0 Å². The van der Waals surface area contributed by atoms with E-state index in [9.17, 15) is 9.59 Å². The quantitative estimate of drug-likeness (QED) is 0.723. The fourth-order valence-electron chi connectivity index (χ4n) is 5.42. The first kappa shape index (κ1) is 21.6. The third-order valence-corrected chi connectivity index (χ3v) is 7.05. The van der Waals surface area contributed by atoms with Crippen LogP contribution in [0.2, 0.25) is 0 Å². The SMILES string of the molecule is CC(C)CC(=O)N1CCN(C(C(=O)NCC2CCCCC2)C2CCCC2)CC1. The number of hydrogen-bond donors (Lipinski definition) is 1. The van der Waals surface area contributed by atoms with Crippen LogP contribution in [0.15, 0.2) is 0 Å². The van der Waals surface area contributed by atoms with E-state index in [4.69, 9.17) is 0 Å². The summed E-state index contributed by atoms with van der Waals surface area (Å²) in [6, 6.07) is 0.00782. The smallest absolute Gasteiger partial charge is 0.237 e. The lowest BCUT2D eigenvalue weighted by molar-refractivity contribution is -0.136. The molecule has 28 heavy (non-hydrogen) atoms. The Kier molecular flexibility index (Phi) is 8.19. The Bertz CT molecular complexity index is 502. The highest BCUT2D eigenvalue weighted by Gasteiger charge is 2.37. The number of nitrogens with one attached hydrogen (secondary N) is 1. The van der Waals surface area contributed by atoms with Gasteiger partial charge in [0.1, 0.15) is 0 Å². The molecule has 2 amide bonds. The molecule has 2 aliphatic carbocycles. The molecule has 0 spiro atoms. The molecule has 3 fully saturated rings. The highest BCUT2D eigenvalue weighted by atomic mass is 16.2. The first-order valence-corrected chi connectivity index (χ1v) is 11.8. The zero-order valence-corrected chi connectivity index (χ0v) is 18.1. The molecule has 0 radical (unpaired) electrons. The lowest BCUT2D eigenvalue weighted by Gasteiger charge is -2.41. The van der Waals surface area contributed by atoms with Gasteiger partial charge in [-0.2, -0.15) is 0 Å². The van der Waals surface area contributed by atoms with Crippen molar-refractivity contribution in [2.24, 2.45) is 17.8 Å². The summed E-state index contributed by atoms with van der Waals surface area (Å²) in [4.78, 5) is 30.0. The normalized spacial score (nSPS) is 23.9. The highest BCUT2D eigenvalue weighted by molar-refractivity contribution is 5.82. The lowest BCUT2D eigenvalue weighted by Crippen LogP contribution is -2.58. The minimum atomic E-state index is 0.00782. The predicted octanol–water partition coefficient (Wildman–Crippen LogP) is 3.43. The van der Waals surface area contributed by atoms with Crippen molar-refractivity contribution in [3.8, 4) is 0 Å². The number of carbonyl (C=O) groups excluding carboxylic acids is 2. The van der Waals surface area contributed by atoms with E-state index >= 15 is 0 Å². The summed E-state index contributed by atoms with van der Waals surface area (Å²) in [5, 5.41) is 3.33. The predicted molar refractivity (Wildman–Crippen MR) is 113 cm³/mol. The van der Waals surface area contributed by atoms with Crippen LogP contribution in [-0.4, -0.2) is 60.4 Å². The van der Waals surface area contributed by atoms with Crippen molar-refractivity contribution in [2.75, 3.05) is 32.7 Å². The number of amides is 2. The van der Waals surface area contributed by atoms with Crippen LogP contribution in [0.1, 0.15) is 78.1 Å². The topological polar surface area (TPSA) is 52.7 Å². The van der Waals surface area contributed by atoms with Gasteiger partial charge in [-0.1, -0.05) is 46.0 Å². The second-order valence-corrected chi connectivity index (χ2v) is 9.75. The Morgan fingerprint density at radius 2 is 1.50 bits per heavy atom. The van der Waals surface area contributed by atoms with E-state index in [2.05, 4.69) is 24.1 Å². The van der Waals surface area contributed by atoms with Gasteiger partial charge >= 0.3 is 0 Å². The molecule has 0 aromatic rings. The van der Waals surface area contributed by atoms with E-state index in [0.29, 0.717) is 24.2 Å². The van der Waals surface area contributed by atoms with Crippen LogP contribution < -0.4 is 5.32 Å². The minimum Gasteiger partial charge on any atom is -0.354 e. The lowest BCUT2D eigenvalue weighted by atomic mass is 9.89. The fourth-order valence-corrected chi connectivity index (χ4v) is 5.42. The Morgan fingerprint density at radius 1 is 0.893 bits per heavy atom. The maximum atomic E-state index is 13.2. The van der Waals surface area contributed by atoms with Crippen molar-refractivity contribution in [1.82, 2.24) is 15.1 Å². The second kappa shape index (κ2) is 10.6. The molecular formula is C23H41N3O2. The van der Waals surface area contributed by atoms with Crippen LogP contribution in [0.25, 0.3) is 0 Å². The summed E-state index contributed by atoms with van der Waals surface area (Å²) in [7, 11) is 0. The number of rotatable bonds is 7. The van der Waals surface area contributed by atoms with Gasteiger partial charge in [-0.25, -0.2) is 0 Å². The zero-order chi connectivity index (χ0) is 19.9. The molecule has 0 aromatic carbocycles. The maximum absolute atomic E-state index is 13.2. The molecule has 3 rings (SSSR count). The van der Waals surface area contributed by atoms with Gasteiger partial charge in [0, 0.05) is 39.1 Å². The fraction of sp³-hybridized carbons (Fsp3) is 0.913. The Balaban J connectivity index is 1.54. The summed E-state index contributed by atoms with van der Waals surface area (Å²) in [5.74, 6) is 2.09. The third-order valence-electron chi connectivity index (χ3n) is 7.05. The number of carbonyl (C=O) groups is 2. The van der Waals surface area contributed by atoms with E-state index in [0.717, 1.165) is 32.7 Å². The summed E-state index contributed by atoms with van der Waals surface area (Å²) in [6.45, 7) is 8.26. The van der Waals surface area contributed by atoms with E-state index in [1.807, 2.05) is 4.90 Å².